The number of hydrogen-bond acceptors (Lipinski definition) is 4. The van der Waals surface area contributed by atoms with E-state index < -0.39 is 0 Å². The van der Waals surface area contributed by atoms with Gasteiger partial charge in [-0.2, -0.15) is 0 Å². The molecule has 2 amide bonds. The maximum Gasteiger partial charge on any atom is 0.256 e. The Morgan fingerprint density at radius 2 is 1.91 bits per heavy atom. The average molecular weight is 448 g/mol. The van der Waals surface area contributed by atoms with Crippen molar-refractivity contribution in [2.24, 2.45) is 5.41 Å². The Morgan fingerprint density at radius 1 is 1.12 bits per heavy atom. The van der Waals surface area contributed by atoms with Crippen LogP contribution in [0.4, 0.5) is 0 Å². The number of fused-ring (bicyclic) bond motifs is 1. The number of amides is 2. The summed E-state index contributed by atoms with van der Waals surface area (Å²) in [6.07, 6.45) is 9.47. The lowest BCUT2D eigenvalue weighted by Gasteiger charge is -2.46. The predicted molar refractivity (Wildman–Crippen MR) is 126 cm³/mol. The smallest absolute Gasteiger partial charge is 0.256 e. The van der Waals surface area contributed by atoms with Crippen LogP contribution in [0.2, 0.25) is 0 Å². The number of benzene rings is 1. The molecule has 2 aromatic rings. The van der Waals surface area contributed by atoms with Gasteiger partial charge in [0.1, 0.15) is 5.75 Å². The molecule has 6 nitrogen and oxygen atoms in total. The number of carbonyl (C=O) groups is 2. The molecule has 1 aromatic carbocycles. The van der Waals surface area contributed by atoms with Crippen molar-refractivity contribution < 1.29 is 14.3 Å². The standard InChI is InChI=1S/C27H33N3O3/c1-18(31)29-17-22-14-27(2)24(29)9-4-5-10-25(27)30(22)26(32)21-12-20(15-28-16-21)11-19-7-6-8-23(13-19)33-3/h6-8,12-13,15-16,22,24-25H,4-5,9-11,14,17H2,1-3H3/t22-,24+,25-,27+/m0/s1. The van der Waals surface area contributed by atoms with Gasteiger partial charge in [0.2, 0.25) is 5.91 Å². The SMILES string of the molecule is COc1cccc(Cc2cncc(C(=O)N3[C@@H]4CN(C(C)=O)[C@@H]5CCCC[C@H]3[C@]5(C)C4)c2)c1. The molecule has 174 valence electrons. The Kier molecular flexibility index (Phi) is 5.63. The van der Waals surface area contributed by atoms with E-state index in [0.717, 1.165) is 49.0 Å². The van der Waals surface area contributed by atoms with Crippen LogP contribution in [0.25, 0.3) is 0 Å². The van der Waals surface area contributed by atoms with Crippen LogP contribution in [0.5, 0.6) is 5.75 Å². The fraction of sp³-hybridized carbons (Fsp3) is 0.519. The number of rotatable bonds is 4. The molecule has 3 fully saturated rings. The summed E-state index contributed by atoms with van der Waals surface area (Å²) in [7, 11) is 1.66. The van der Waals surface area contributed by atoms with Crippen LogP contribution in [0.1, 0.15) is 67.4 Å². The predicted octanol–water partition coefficient (Wildman–Crippen LogP) is 4.08. The van der Waals surface area contributed by atoms with Gasteiger partial charge in [-0.3, -0.25) is 14.6 Å². The minimum absolute atomic E-state index is 0.0353. The van der Waals surface area contributed by atoms with E-state index in [1.54, 1.807) is 20.2 Å². The third kappa shape index (κ3) is 3.79. The van der Waals surface area contributed by atoms with Crippen LogP contribution in [-0.2, 0) is 11.2 Å². The average Bonchev–Trinajstić information content (AvgIpc) is 2.92. The fourth-order valence-corrected chi connectivity index (χ4v) is 6.69. The van der Waals surface area contributed by atoms with Gasteiger partial charge in [0, 0.05) is 43.4 Å². The quantitative estimate of drug-likeness (QED) is 0.709. The Hall–Kier alpha value is -2.89. The maximum atomic E-state index is 13.9. The van der Waals surface area contributed by atoms with E-state index in [2.05, 4.69) is 27.8 Å². The highest BCUT2D eigenvalue weighted by Crippen LogP contribution is 2.53. The van der Waals surface area contributed by atoms with Crippen LogP contribution in [0, 0.1) is 5.41 Å². The zero-order valence-electron chi connectivity index (χ0n) is 19.8. The molecule has 2 saturated heterocycles. The summed E-state index contributed by atoms with van der Waals surface area (Å²) in [5.41, 5.74) is 2.73. The summed E-state index contributed by atoms with van der Waals surface area (Å²) in [6, 6.07) is 10.4. The van der Waals surface area contributed by atoms with Crippen LogP contribution >= 0.6 is 0 Å². The molecule has 3 heterocycles. The van der Waals surface area contributed by atoms with E-state index >= 15 is 0 Å². The molecular formula is C27H33N3O3. The monoisotopic (exact) mass is 447 g/mol. The first-order chi connectivity index (χ1) is 15.9. The van der Waals surface area contributed by atoms with E-state index in [0.29, 0.717) is 18.5 Å². The number of piperidine rings is 1. The Bertz CT molecular complexity index is 1070. The minimum atomic E-state index is -0.0353. The molecule has 2 aliphatic heterocycles. The molecule has 1 aromatic heterocycles. The first-order valence-corrected chi connectivity index (χ1v) is 12.1. The van der Waals surface area contributed by atoms with Crippen LogP contribution in [0.15, 0.2) is 42.7 Å². The summed E-state index contributed by atoms with van der Waals surface area (Å²) in [4.78, 5) is 35.0. The number of likely N-dealkylation sites (tertiary alicyclic amines) is 2. The third-order valence-corrected chi connectivity index (χ3v) is 8.14. The number of carbonyl (C=O) groups excluding carboxylic acids is 2. The van der Waals surface area contributed by atoms with Crippen molar-refractivity contribution in [3.05, 3.63) is 59.4 Å². The summed E-state index contributed by atoms with van der Waals surface area (Å²) in [5.74, 6) is 1.01. The van der Waals surface area contributed by atoms with Crippen LogP contribution < -0.4 is 4.74 Å². The molecule has 6 heteroatoms. The van der Waals surface area contributed by atoms with Gasteiger partial charge < -0.3 is 14.5 Å². The lowest BCUT2D eigenvalue weighted by molar-refractivity contribution is -0.136. The first kappa shape index (κ1) is 21.9. The highest BCUT2D eigenvalue weighted by atomic mass is 16.5. The number of aromatic nitrogens is 1. The van der Waals surface area contributed by atoms with Crippen molar-refractivity contribution in [3.63, 3.8) is 0 Å². The van der Waals surface area contributed by atoms with Crippen molar-refractivity contribution >= 4 is 11.8 Å². The number of nitrogens with zero attached hydrogens (tertiary/aromatic N) is 3. The molecule has 0 N–H and O–H groups in total. The summed E-state index contributed by atoms with van der Waals surface area (Å²) < 4.78 is 5.34. The van der Waals surface area contributed by atoms with Crippen molar-refractivity contribution in [3.8, 4) is 5.75 Å². The number of pyridine rings is 1. The van der Waals surface area contributed by atoms with Gasteiger partial charge in [0.05, 0.1) is 18.7 Å². The molecule has 0 radical (unpaired) electrons. The summed E-state index contributed by atoms with van der Waals surface area (Å²) in [5, 5.41) is 0. The normalized spacial score (nSPS) is 28.4. The highest BCUT2D eigenvalue weighted by molar-refractivity contribution is 5.95. The third-order valence-electron chi connectivity index (χ3n) is 8.14. The molecule has 5 rings (SSSR count). The molecule has 2 bridgehead atoms. The number of ether oxygens (including phenoxy) is 1. The van der Waals surface area contributed by atoms with E-state index in [1.807, 2.05) is 30.5 Å². The topological polar surface area (TPSA) is 62.7 Å². The maximum absolute atomic E-state index is 13.9. The van der Waals surface area contributed by atoms with Gasteiger partial charge in [0.15, 0.2) is 0 Å². The Morgan fingerprint density at radius 3 is 2.67 bits per heavy atom. The van der Waals surface area contributed by atoms with E-state index in [4.69, 9.17) is 4.74 Å². The van der Waals surface area contributed by atoms with Gasteiger partial charge in [0.25, 0.3) is 5.91 Å². The highest BCUT2D eigenvalue weighted by Gasteiger charge is 2.60. The second kappa shape index (κ2) is 8.47. The largest absolute Gasteiger partial charge is 0.497 e. The number of hydrogen-bond donors (Lipinski definition) is 0. The summed E-state index contributed by atoms with van der Waals surface area (Å²) >= 11 is 0. The van der Waals surface area contributed by atoms with Crippen LogP contribution in [0.3, 0.4) is 0 Å². The first-order valence-electron chi connectivity index (χ1n) is 12.1. The zero-order chi connectivity index (χ0) is 23.2. The van der Waals surface area contributed by atoms with Gasteiger partial charge in [-0.1, -0.05) is 31.9 Å². The molecule has 33 heavy (non-hydrogen) atoms. The second-order valence-electron chi connectivity index (χ2n) is 10.2. The molecule has 3 aliphatic rings. The summed E-state index contributed by atoms with van der Waals surface area (Å²) in [6.45, 7) is 4.63. The van der Waals surface area contributed by atoms with E-state index in [1.165, 1.54) is 0 Å². The van der Waals surface area contributed by atoms with Gasteiger partial charge in [-0.05, 0) is 55.0 Å². The molecule has 1 aliphatic carbocycles. The molecule has 0 unspecified atom stereocenters. The lowest BCUT2D eigenvalue weighted by Crippen LogP contribution is -2.55. The molecule has 1 saturated carbocycles. The van der Waals surface area contributed by atoms with Crippen LogP contribution in [-0.4, -0.2) is 58.4 Å². The van der Waals surface area contributed by atoms with Crippen molar-refractivity contribution in [2.45, 2.75) is 70.5 Å². The molecular weight excluding hydrogens is 414 g/mol. The molecule has 0 spiro atoms. The van der Waals surface area contributed by atoms with Gasteiger partial charge >= 0.3 is 0 Å². The Labute approximate surface area is 195 Å². The fourth-order valence-electron chi connectivity index (χ4n) is 6.69. The van der Waals surface area contributed by atoms with Crippen molar-refractivity contribution in [1.29, 1.82) is 0 Å². The van der Waals surface area contributed by atoms with E-state index in [9.17, 15) is 9.59 Å². The number of methoxy groups -OCH3 is 1. The Balaban J connectivity index is 1.43. The van der Waals surface area contributed by atoms with Gasteiger partial charge in [-0.15, -0.1) is 0 Å². The minimum Gasteiger partial charge on any atom is -0.497 e. The molecule has 4 atom stereocenters. The van der Waals surface area contributed by atoms with Crippen molar-refractivity contribution in [2.75, 3.05) is 13.7 Å². The van der Waals surface area contributed by atoms with E-state index in [-0.39, 0.29) is 35.4 Å². The lowest BCUT2D eigenvalue weighted by atomic mass is 9.71. The second-order valence-corrected chi connectivity index (χ2v) is 10.2. The van der Waals surface area contributed by atoms with Gasteiger partial charge in [-0.25, -0.2) is 0 Å². The van der Waals surface area contributed by atoms with Crippen molar-refractivity contribution in [1.82, 2.24) is 14.8 Å². The zero-order valence-corrected chi connectivity index (χ0v) is 19.8.